The first-order valence-corrected chi connectivity index (χ1v) is 5.82. The van der Waals surface area contributed by atoms with E-state index in [2.05, 4.69) is 5.32 Å². The minimum Gasteiger partial charge on any atom is -0.481 e. The van der Waals surface area contributed by atoms with Gasteiger partial charge in [0.2, 0.25) is 0 Å². The Morgan fingerprint density at radius 3 is 2.93 bits per heavy atom. The fraction of sp³-hybridized carbons (Fsp3) is 0.909. The van der Waals surface area contributed by atoms with Gasteiger partial charge in [0.05, 0.1) is 0 Å². The maximum absolute atomic E-state index is 10.2. The molecule has 15 heavy (non-hydrogen) atoms. The van der Waals surface area contributed by atoms with Crippen LogP contribution in [0.5, 0.6) is 0 Å². The molecule has 0 radical (unpaired) electrons. The van der Waals surface area contributed by atoms with Gasteiger partial charge in [0.15, 0.2) is 0 Å². The van der Waals surface area contributed by atoms with Gasteiger partial charge in [0.1, 0.15) is 0 Å². The Kier molecular flexibility index (Phi) is 6.36. The summed E-state index contributed by atoms with van der Waals surface area (Å²) in [7, 11) is 0. The molecule has 0 aromatic carbocycles. The summed E-state index contributed by atoms with van der Waals surface area (Å²) in [4.78, 5) is 10.2. The van der Waals surface area contributed by atoms with Crippen molar-refractivity contribution in [2.24, 2.45) is 0 Å². The largest absolute Gasteiger partial charge is 0.481 e. The summed E-state index contributed by atoms with van der Waals surface area (Å²) in [6, 6.07) is 0.609. The third-order valence-electron chi connectivity index (χ3n) is 2.70. The van der Waals surface area contributed by atoms with Gasteiger partial charge in [-0.05, 0) is 32.2 Å². The van der Waals surface area contributed by atoms with Crippen molar-refractivity contribution < 1.29 is 14.6 Å². The van der Waals surface area contributed by atoms with Crippen molar-refractivity contribution in [2.45, 2.75) is 44.6 Å². The molecule has 0 spiro atoms. The van der Waals surface area contributed by atoms with E-state index in [1.807, 2.05) is 0 Å². The van der Waals surface area contributed by atoms with E-state index in [9.17, 15) is 4.79 Å². The number of carboxylic acids is 1. The number of hydrogen-bond donors (Lipinski definition) is 2. The highest BCUT2D eigenvalue weighted by Gasteiger charge is 2.11. The lowest BCUT2D eigenvalue weighted by Gasteiger charge is -2.23. The number of aliphatic carboxylic acids is 1. The molecule has 1 saturated heterocycles. The third-order valence-corrected chi connectivity index (χ3v) is 2.70. The number of carboxylic acid groups (broad SMARTS) is 1. The Balaban J connectivity index is 1.85. The predicted molar refractivity (Wildman–Crippen MR) is 57.9 cm³/mol. The van der Waals surface area contributed by atoms with E-state index in [1.165, 1.54) is 19.3 Å². The van der Waals surface area contributed by atoms with Crippen molar-refractivity contribution in [3.8, 4) is 0 Å². The molecule has 4 nitrogen and oxygen atoms in total. The standard InChI is InChI=1S/C11H21NO3/c13-11(14)5-3-8-15-9-6-10-4-1-2-7-12-10/h10,12H,1-9H2,(H,13,14). The molecule has 88 valence electrons. The van der Waals surface area contributed by atoms with E-state index in [0.717, 1.165) is 19.6 Å². The van der Waals surface area contributed by atoms with Crippen molar-refractivity contribution >= 4 is 5.97 Å². The summed E-state index contributed by atoms with van der Waals surface area (Å²) in [6.07, 6.45) is 5.73. The van der Waals surface area contributed by atoms with E-state index in [-0.39, 0.29) is 6.42 Å². The summed E-state index contributed by atoms with van der Waals surface area (Å²) in [5.41, 5.74) is 0. The average Bonchev–Trinajstić information content (AvgIpc) is 2.24. The van der Waals surface area contributed by atoms with Gasteiger partial charge in [-0.1, -0.05) is 6.42 Å². The highest BCUT2D eigenvalue weighted by molar-refractivity contribution is 5.66. The lowest BCUT2D eigenvalue weighted by atomic mass is 10.0. The van der Waals surface area contributed by atoms with Crippen molar-refractivity contribution in [3.05, 3.63) is 0 Å². The average molecular weight is 215 g/mol. The van der Waals surface area contributed by atoms with Crippen molar-refractivity contribution in [1.29, 1.82) is 0 Å². The maximum atomic E-state index is 10.2. The fourth-order valence-electron chi connectivity index (χ4n) is 1.82. The first kappa shape index (κ1) is 12.5. The minimum atomic E-state index is -0.743. The molecule has 1 heterocycles. The fourth-order valence-corrected chi connectivity index (χ4v) is 1.82. The van der Waals surface area contributed by atoms with Crippen LogP contribution in [0.2, 0.25) is 0 Å². The Morgan fingerprint density at radius 2 is 2.27 bits per heavy atom. The summed E-state index contributed by atoms with van der Waals surface area (Å²) in [5, 5.41) is 11.9. The van der Waals surface area contributed by atoms with Crippen LogP contribution in [-0.4, -0.2) is 36.9 Å². The summed E-state index contributed by atoms with van der Waals surface area (Å²) in [6.45, 7) is 2.44. The highest BCUT2D eigenvalue weighted by Crippen LogP contribution is 2.09. The van der Waals surface area contributed by atoms with Gasteiger partial charge in [-0.15, -0.1) is 0 Å². The van der Waals surface area contributed by atoms with Crippen LogP contribution < -0.4 is 5.32 Å². The van der Waals surface area contributed by atoms with E-state index < -0.39 is 5.97 Å². The molecule has 0 aliphatic carbocycles. The van der Waals surface area contributed by atoms with Crippen molar-refractivity contribution in [1.82, 2.24) is 5.32 Å². The molecule has 1 rings (SSSR count). The van der Waals surface area contributed by atoms with Gasteiger partial charge in [-0.3, -0.25) is 4.79 Å². The number of piperidine rings is 1. The summed E-state index contributed by atoms with van der Waals surface area (Å²) < 4.78 is 5.38. The van der Waals surface area contributed by atoms with Crippen LogP contribution in [0.15, 0.2) is 0 Å². The molecule has 0 bridgehead atoms. The predicted octanol–water partition coefficient (Wildman–Crippen LogP) is 1.40. The minimum absolute atomic E-state index is 0.210. The van der Waals surface area contributed by atoms with Gasteiger partial charge >= 0.3 is 5.97 Å². The molecule has 0 aromatic heterocycles. The number of carbonyl (C=O) groups is 1. The SMILES string of the molecule is O=C(O)CCCOCCC1CCCCN1. The van der Waals surface area contributed by atoms with Crippen LogP contribution in [0.25, 0.3) is 0 Å². The van der Waals surface area contributed by atoms with Gasteiger partial charge < -0.3 is 15.2 Å². The molecular weight excluding hydrogens is 194 g/mol. The van der Waals surface area contributed by atoms with Crippen LogP contribution in [0.1, 0.15) is 38.5 Å². The topological polar surface area (TPSA) is 58.6 Å². The van der Waals surface area contributed by atoms with Gasteiger partial charge in [-0.2, -0.15) is 0 Å². The van der Waals surface area contributed by atoms with Gasteiger partial charge in [0, 0.05) is 25.7 Å². The quantitative estimate of drug-likeness (QED) is 0.630. The number of hydrogen-bond acceptors (Lipinski definition) is 3. The van der Waals surface area contributed by atoms with Crippen LogP contribution in [0, 0.1) is 0 Å². The number of ether oxygens (including phenoxy) is 1. The Morgan fingerprint density at radius 1 is 1.40 bits per heavy atom. The van der Waals surface area contributed by atoms with Crippen LogP contribution in [-0.2, 0) is 9.53 Å². The summed E-state index contributed by atoms with van der Waals surface area (Å²) >= 11 is 0. The van der Waals surface area contributed by atoms with Crippen LogP contribution in [0.3, 0.4) is 0 Å². The first-order valence-electron chi connectivity index (χ1n) is 5.82. The Labute approximate surface area is 91.0 Å². The number of rotatable bonds is 7. The van der Waals surface area contributed by atoms with Crippen molar-refractivity contribution in [3.63, 3.8) is 0 Å². The normalized spacial score (nSPS) is 21.5. The van der Waals surface area contributed by atoms with Gasteiger partial charge in [0.25, 0.3) is 0 Å². The monoisotopic (exact) mass is 215 g/mol. The molecule has 1 atom stereocenters. The molecular formula is C11H21NO3. The highest BCUT2D eigenvalue weighted by atomic mass is 16.5. The molecule has 0 amide bonds. The van der Waals surface area contributed by atoms with Gasteiger partial charge in [-0.25, -0.2) is 0 Å². The van der Waals surface area contributed by atoms with E-state index >= 15 is 0 Å². The van der Waals surface area contributed by atoms with E-state index in [1.54, 1.807) is 0 Å². The van der Waals surface area contributed by atoms with Crippen molar-refractivity contribution in [2.75, 3.05) is 19.8 Å². The van der Waals surface area contributed by atoms with E-state index in [4.69, 9.17) is 9.84 Å². The lowest BCUT2D eigenvalue weighted by molar-refractivity contribution is -0.137. The molecule has 2 N–H and O–H groups in total. The zero-order chi connectivity index (χ0) is 10.9. The second kappa shape index (κ2) is 7.65. The second-order valence-corrected chi connectivity index (χ2v) is 4.05. The van der Waals surface area contributed by atoms with E-state index in [0.29, 0.717) is 19.1 Å². The zero-order valence-electron chi connectivity index (χ0n) is 9.21. The molecule has 1 fully saturated rings. The molecule has 0 aromatic rings. The maximum Gasteiger partial charge on any atom is 0.303 e. The smallest absolute Gasteiger partial charge is 0.303 e. The molecule has 4 heteroatoms. The lowest BCUT2D eigenvalue weighted by Crippen LogP contribution is -2.34. The molecule has 1 aliphatic rings. The van der Waals surface area contributed by atoms with Crippen LogP contribution in [0.4, 0.5) is 0 Å². The van der Waals surface area contributed by atoms with Crippen LogP contribution >= 0.6 is 0 Å². The Bertz CT molecular complexity index is 179. The molecule has 1 aliphatic heterocycles. The molecule has 1 unspecified atom stereocenters. The third kappa shape index (κ3) is 6.47. The summed E-state index contributed by atoms with van der Waals surface area (Å²) in [5.74, 6) is -0.743. The second-order valence-electron chi connectivity index (χ2n) is 4.05. The number of nitrogens with one attached hydrogen (secondary N) is 1. The zero-order valence-corrected chi connectivity index (χ0v) is 9.21. The first-order chi connectivity index (χ1) is 7.29. The molecule has 0 saturated carbocycles. The Hall–Kier alpha value is -0.610.